The summed E-state index contributed by atoms with van der Waals surface area (Å²) in [4.78, 5) is 12.0. The molecule has 0 bridgehead atoms. The molecule has 1 aromatic heterocycles. The number of para-hydroxylation sites is 1. The summed E-state index contributed by atoms with van der Waals surface area (Å²) >= 11 is 7.42. The second-order valence-electron chi connectivity index (χ2n) is 6.86. The molecule has 1 N–H and O–H groups in total. The molecule has 0 aliphatic heterocycles. The summed E-state index contributed by atoms with van der Waals surface area (Å²) in [6, 6.07) is 18.0. The number of aromatic nitrogens is 1. The van der Waals surface area contributed by atoms with E-state index in [0.29, 0.717) is 10.8 Å². The second-order valence-corrected chi connectivity index (χ2v) is 8.28. The van der Waals surface area contributed by atoms with Crippen molar-refractivity contribution in [3.8, 4) is 5.69 Å². The molecule has 2 aromatic carbocycles. The quantitative estimate of drug-likeness (QED) is 0.404. The summed E-state index contributed by atoms with van der Waals surface area (Å²) < 4.78 is 2.21. The van der Waals surface area contributed by atoms with Crippen molar-refractivity contribution in [3.05, 3.63) is 87.7 Å². The van der Waals surface area contributed by atoms with E-state index in [2.05, 4.69) is 54.1 Å². The van der Waals surface area contributed by atoms with Crippen LogP contribution in [0.25, 0.3) is 5.69 Å². The molecule has 0 saturated heterocycles. The van der Waals surface area contributed by atoms with E-state index in [-0.39, 0.29) is 5.91 Å². The first-order valence-electron chi connectivity index (χ1n) is 9.34. The number of benzene rings is 2. The number of thioether (sulfide) groups is 1. The van der Waals surface area contributed by atoms with E-state index >= 15 is 0 Å². The Morgan fingerprint density at radius 2 is 1.86 bits per heavy atom. The number of nitrogens with one attached hydrogen (secondary N) is 1. The Kier molecular flexibility index (Phi) is 7.18. The topological polar surface area (TPSA) is 46.4 Å². The van der Waals surface area contributed by atoms with Crippen LogP contribution in [-0.2, 0) is 10.5 Å². The van der Waals surface area contributed by atoms with Crippen LogP contribution in [0.3, 0.4) is 0 Å². The Morgan fingerprint density at radius 1 is 1.14 bits per heavy atom. The minimum absolute atomic E-state index is 0.118. The van der Waals surface area contributed by atoms with Crippen molar-refractivity contribution in [2.75, 3.05) is 5.75 Å². The van der Waals surface area contributed by atoms with E-state index in [0.717, 1.165) is 34.0 Å². The van der Waals surface area contributed by atoms with Crippen LogP contribution in [0.5, 0.6) is 0 Å². The highest BCUT2D eigenvalue weighted by atomic mass is 35.5. The molecule has 3 rings (SSSR count). The van der Waals surface area contributed by atoms with Crippen LogP contribution >= 0.6 is 23.4 Å². The number of rotatable bonds is 7. The highest BCUT2D eigenvalue weighted by Gasteiger charge is 2.11. The van der Waals surface area contributed by atoms with E-state index in [9.17, 15) is 4.79 Å². The van der Waals surface area contributed by atoms with Crippen molar-refractivity contribution in [1.82, 2.24) is 9.99 Å². The number of amides is 1. The minimum atomic E-state index is -0.118. The Balaban J connectivity index is 1.56. The van der Waals surface area contributed by atoms with Gasteiger partial charge in [0.1, 0.15) is 0 Å². The van der Waals surface area contributed by atoms with Crippen molar-refractivity contribution >= 4 is 35.5 Å². The minimum Gasteiger partial charge on any atom is -0.318 e. The molecule has 0 radical (unpaired) electrons. The summed E-state index contributed by atoms with van der Waals surface area (Å²) in [5.41, 5.74) is 9.32. The predicted octanol–water partition coefficient (Wildman–Crippen LogP) is 5.44. The molecular weight excluding hydrogens is 402 g/mol. The van der Waals surface area contributed by atoms with Crippen molar-refractivity contribution < 1.29 is 4.79 Å². The highest BCUT2D eigenvalue weighted by molar-refractivity contribution is 7.99. The maximum Gasteiger partial charge on any atom is 0.250 e. The highest BCUT2D eigenvalue weighted by Crippen LogP contribution is 2.22. The first-order chi connectivity index (χ1) is 14.0. The second kappa shape index (κ2) is 9.81. The van der Waals surface area contributed by atoms with Crippen molar-refractivity contribution in [1.29, 1.82) is 0 Å². The maximum absolute atomic E-state index is 12.0. The van der Waals surface area contributed by atoms with Gasteiger partial charge in [-0.25, -0.2) is 5.43 Å². The van der Waals surface area contributed by atoms with Crippen LogP contribution in [-0.4, -0.2) is 22.4 Å². The molecule has 0 fully saturated rings. The summed E-state index contributed by atoms with van der Waals surface area (Å²) in [5.74, 6) is 0.988. The normalized spacial score (nSPS) is 11.2. The third-order valence-electron chi connectivity index (χ3n) is 4.63. The molecule has 0 aliphatic rings. The number of hydrazone groups is 1. The first-order valence-corrected chi connectivity index (χ1v) is 10.9. The fourth-order valence-corrected chi connectivity index (χ4v) is 4.06. The average molecular weight is 426 g/mol. The lowest BCUT2D eigenvalue weighted by Gasteiger charge is -2.12. The molecule has 6 heteroatoms. The fraction of sp³-hybridized carbons (Fsp3) is 0.217. The Hall–Kier alpha value is -2.50. The zero-order chi connectivity index (χ0) is 20.8. The summed E-state index contributed by atoms with van der Waals surface area (Å²) in [6.45, 7) is 6.23. The number of carbonyl (C=O) groups excluding carboxylic acids is 1. The molecule has 1 heterocycles. The third-order valence-corrected chi connectivity index (χ3v) is 5.89. The first kappa shape index (κ1) is 21.2. The fourth-order valence-electron chi connectivity index (χ4n) is 3.15. The van der Waals surface area contributed by atoms with E-state index in [1.807, 2.05) is 36.4 Å². The van der Waals surface area contributed by atoms with Crippen molar-refractivity contribution in [3.63, 3.8) is 0 Å². The van der Waals surface area contributed by atoms with Crippen LogP contribution in [0.15, 0.2) is 59.7 Å². The van der Waals surface area contributed by atoms with Gasteiger partial charge in [0, 0.05) is 33.4 Å². The van der Waals surface area contributed by atoms with Gasteiger partial charge in [0.2, 0.25) is 5.91 Å². The van der Waals surface area contributed by atoms with Crippen molar-refractivity contribution in [2.24, 2.45) is 5.10 Å². The summed E-state index contributed by atoms with van der Waals surface area (Å²) in [5, 5.41) is 4.86. The molecule has 0 unspecified atom stereocenters. The largest absolute Gasteiger partial charge is 0.318 e. The lowest BCUT2D eigenvalue weighted by atomic mass is 10.2. The lowest BCUT2D eigenvalue weighted by Crippen LogP contribution is -2.19. The maximum atomic E-state index is 12.0. The van der Waals surface area contributed by atoms with Gasteiger partial charge < -0.3 is 4.57 Å². The number of nitrogens with zero attached hydrogens (tertiary/aromatic N) is 2. The molecule has 0 aliphatic carbocycles. The molecule has 1 amide bonds. The number of halogens is 1. The van der Waals surface area contributed by atoms with E-state index in [1.165, 1.54) is 5.56 Å². The molecule has 3 aromatic rings. The van der Waals surface area contributed by atoms with Crippen LogP contribution in [0, 0.1) is 20.8 Å². The smallest absolute Gasteiger partial charge is 0.250 e. The van der Waals surface area contributed by atoms with Crippen LogP contribution in [0.1, 0.15) is 28.1 Å². The van der Waals surface area contributed by atoms with Gasteiger partial charge in [-0.05, 0) is 56.2 Å². The Bertz CT molecular complexity index is 1030. The summed E-state index contributed by atoms with van der Waals surface area (Å²) in [7, 11) is 0. The van der Waals surface area contributed by atoms with Gasteiger partial charge in [-0.3, -0.25) is 4.79 Å². The average Bonchev–Trinajstić information content (AvgIpc) is 2.97. The van der Waals surface area contributed by atoms with Gasteiger partial charge in [-0.15, -0.1) is 11.8 Å². The van der Waals surface area contributed by atoms with E-state index < -0.39 is 0 Å². The number of hydrogen-bond donors (Lipinski definition) is 1. The van der Waals surface area contributed by atoms with Gasteiger partial charge in [-0.1, -0.05) is 41.9 Å². The molecule has 4 nitrogen and oxygen atoms in total. The zero-order valence-corrected chi connectivity index (χ0v) is 18.3. The van der Waals surface area contributed by atoms with Gasteiger partial charge >= 0.3 is 0 Å². The van der Waals surface area contributed by atoms with Crippen molar-refractivity contribution in [2.45, 2.75) is 26.5 Å². The monoisotopic (exact) mass is 425 g/mol. The molecule has 0 saturated carbocycles. The molecule has 0 spiro atoms. The van der Waals surface area contributed by atoms with E-state index in [4.69, 9.17) is 11.6 Å². The van der Waals surface area contributed by atoms with Gasteiger partial charge in [0.15, 0.2) is 0 Å². The van der Waals surface area contributed by atoms with Gasteiger partial charge in [0.05, 0.1) is 12.0 Å². The van der Waals surface area contributed by atoms with E-state index in [1.54, 1.807) is 18.0 Å². The zero-order valence-electron chi connectivity index (χ0n) is 16.8. The van der Waals surface area contributed by atoms with Gasteiger partial charge in [-0.2, -0.15) is 5.10 Å². The summed E-state index contributed by atoms with van der Waals surface area (Å²) in [6.07, 6.45) is 1.71. The predicted molar refractivity (Wildman–Crippen MR) is 123 cm³/mol. The number of aryl methyl sites for hydroxylation is 2. The van der Waals surface area contributed by atoms with Crippen LogP contribution < -0.4 is 5.43 Å². The van der Waals surface area contributed by atoms with Crippen LogP contribution in [0.2, 0.25) is 5.02 Å². The molecule has 29 heavy (non-hydrogen) atoms. The molecular formula is C23H24ClN3OS. The third kappa shape index (κ3) is 5.52. The number of hydrogen-bond acceptors (Lipinski definition) is 3. The lowest BCUT2D eigenvalue weighted by molar-refractivity contribution is -0.118. The number of carbonyl (C=O) groups is 1. The SMILES string of the molecule is Cc1ccccc1-n1c(C)cc(/C=N/NC(=O)CSCc2ccc(Cl)cc2)c1C. The molecule has 0 atom stereocenters. The Labute approximate surface area is 181 Å². The standard InChI is InChI=1S/C23H24ClN3OS/c1-16-6-4-5-7-22(16)27-17(2)12-20(18(27)3)13-25-26-23(28)15-29-14-19-8-10-21(24)11-9-19/h4-13H,14-15H2,1-3H3,(H,26,28)/b25-13+. The van der Waals surface area contributed by atoms with Gasteiger partial charge in [0.25, 0.3) is 0 Å². The van der Waals surface area contributed by atoms with Crippen LogP contribution in [0.4, 0.5) is 0 Å². The molecule has 150 valence electrons. The Morgan fingerprint density at radius 3 is 2.59 bits per heavy atom.